The van der Waals surface area contributed by atoms with Gasteiger partial charge in [0.2, 0.25) is 6.10 Å². The quantitative estimate of drug-likeness (QED) is 0.479. The summed E-state index contributed by atoms with van der Waals surface area (Å²) < 4.78 is 10.9. The molecule has 0 N–H and O–H groups in total. The highest BCUT2D eigenvalue weighted by Gasteiger charge is 2.26. The van der Waals surface area contributed by atoms with Crippen LogP contribution in [0.1, 0.15) is 33.2 Å². The molecule has 0 aliphatic rings. The lowest BCUT2D eigenvalue weighted by atomic mass is 10.0. The molecule has 27 heavy (non-hydrogen) atoms. The van der Waals surface area contributed by atoms with E-state index in [-0.39, 0.29) is 5.78 Å². The molecule has 0 aromatic heterocycles. The van der Waals surface area contributed by atoms with E-state index in [4.69, 9.17) is 9.47 Å². The number of methoxy groups -OCH3 is 1. The molecule has 3 rings (SSSR count). The van der Waals surface area contributed by atoms with Crippen molar-refractivity contribution in [2.24, 2.45) is 0 Å². The van der Waals surface area contributed by atoms with Gasteiger partial charge in [0, 0.05) is 11.1 Å². The molecule has 0 fully saturated rings. The summed E-state index contributed by atoms with van der Waals surface area (Å²) >= 11 is 0. The lowest BCUT2D eigenvalue weighted by Crippen LogP contribution is -2.21. The number of ketones is 1. The summed E-state index contributed by atoms with van der Waals surface area (Å²) in [5.41, 5.74) is 2.55. The number of hydrogen-bond acceptors (Lipinski definition) is 4. The smallest absolute Gasteiger partial charge is 0.351 e. The first kappa shape index (κ1) is 18.4. The second-order valence-corrected chi connectivity index (χ2v) is 6.13. The molecular formula is C23H20O4. The predicted octanol–water partition coefficient (Wildman–Crippen LogP) is 4.52. The minimum Gasteiger partial charge on any atom is -0.473 e. The second-order valence-electron chi connectivity index (χ2n) is 6.13. The molecule has 3 aromatic rings. The van der Waals surface area contributed by atoms with E-state index in [1.807, 2.05) is 49.4 Å². The Bertz CT molecular complexity index is 933. The molecule has 0 bridgehead atoms. The topological polar surface area (TPSA) is 52.6 Å². The largest absolute Gasteiger partial charge is 0.473 e. The van der Waals surface area contributed by atoms with E-state index in [0.29, 0.717) is 22.4 Å². The van der Waals surface area contributed by atoms with Gasteiger partial charge in [0.05, 0.1) is 12.7 Å². The molecule has 0 amide bonds. The Morgan fingerprint density at radius 1 is 0.852 bits per heavy atom. The van der Waals surface area contributed by atoms with Crippen LogP contribution in [0.2, 0.25) is 0 Å². The van der Waals surface area contributed by atoms with Crippen molar-refractivity contribution in [3.63, 3.8) is 0 Å². The maximum Gasteiger partial charge on any atom is 0.351 e. The number of hydrogen-bond donors (Lipinski definition) is 0. The maximum atomic E-state index is 13.0. The van der Waals surface area contributed by atoms with Gasteiger partial charge in [0.15, 0.2) is 5.78 Å². The molecule has 3 aromatic carbocycles. The van der Waals surface area contributed by atoms with Crippen molar-refractivity contribution < 1.29 is 19.1 Å². The predicted molar refractivity (Wildman–Crippen MR) is 103 cm³/mol. The van der Waals surface area contributed by atoms with Crippen molar-refractivity contribution in [3.8, 4) is 5.75 Å². The molecule has 0 saturated carbocycles. The van der Waals surface area contributed by atoms with E-state index in [9.17, 15) is 9.59 Å². The average molecular weight is 360 g/mol. The second kappa shape index (κ2) is 8.32. The minimum absolute atomic E-state index is 0.161. The van der Waals surface area contributed by atoms with Crippen LogP contribution in [-0.4, -0.2) is 18.9 Å². The Morgan fingerprint density at radius 3 is 2.11 bits per heavy atom. The fourth-order valence-electron chi connectivity index (χ4n) is 2.78. The van der Waals surface area contributed by atoms with Gasteiger partial charge in [-0.1, -0.05) is 72.3 Å². The molecule has 0 radical (unpaired) electrons. The molecule has 1 atom stereocenters. The fraction of sp³-hybridized carbons (Fsp3) is 0.130. The SMILES string of the molecule is COC(=O)C(Oc1ccc(C)cc1C(=O)c1ccccc1)c1ccccc1. The van der Waals surface area contributed by atoms with Crippen molar-refractivity contribution in [2.75, 3.05) is 7.11 Å². The van der Waals surface area contributed by atoms with Gasteiger partial charge >= 0.3 is 5.97 Å². The molecule has 0 aliphatic carbocycles. The summed E-state index contributed by atoms with van der Waals surface area (Å²) in [4.78, 5) is 25.3. The van der Waals surface area contributed by atoms with Gasteiger partial charge in [-0.05, 0) is 19.1 Å². The van der Waals surface area contributed by atoms with Crippen molar-refractivity contribution in [2.45, 2.75) is 13.0 Å². The molecule has 0 spiro atoms. The van der Waals surface area contributed by atoms with Crippen LogP contribution in [0.15, 0.2) is 78.9 Å². The van der Waals surface area contributed by atoms with Crippen LogP contribution in [0.5, 0.6) is 5.75 Å². The molecule has 136 valence electrons. The van der Waals surface area contributed by atoms with E-state index >= 15 is 0 Å². The lowest BCUT2D eigenvalue weighted by molar-refractivity contribution is -0.149. The summed E-state index contributed by atoms with van der Waals surface area (Å²) in [5, 5.41) is 0. The Kier molecular flexibility index (Phi) is 5.67. The third-order valence-electron chi connectivity index (χ3n) is 4.18. The first-order chi connectivity index (χ1) is 13.1. The van der Waals surface area contributed by atoms with Crippen LogP contribution in [-0.2, 0) is 9.53 Å². The van der Waals surface area contributed by atoms with Gasteiger partial charge in [-0.3, -0.25) is 4.79 Å². The zero-order valence-electron chi connectivity index (χ0n) is 15.2. The zero-order chi connectivity index (χ0) is 19.2. The van der Waals surface area contributed by atoms with Gasteiger partial charge in [-0.15, -0.1) is 0 Å². The fourth-order valence-corrected chi connectivity index (χ4v) is 2.78. The number of benzene rings is 3. The van der Waals surface area contributed by atoms with Crippen LogP contribution in [0.4, 0.5) is 0 Å². The van der Waals surface area contributed by atoms with E-state index in [1.165, 1.54) is 7.11 Å². The van der Waals surface area contributed by atoms with E-state index in [0.717, 1.165) is 5.56 Å². The van der Waals surface area contributed by atoms with E-state index < -0.39 is 12.1 Å². The van der Waals surface area contributed by atoms with Gasteiger partial charge in [-0.2, -0.15) is 0 Å². The summed E-state index contributed by atoms with van der Waals surface area (Å²) in [6.07, 6.45) is -0.957. The van der Waals surface area contributed by atoms with Gasteiger partial charge in [0.1, 0.15) is 5.75 Å². The zero-order valence-corrected chi connectivity index (χ0v) is 15.2. The highest BCUT2D eigenvalue weighted by Crippen LogP contribution is 2.29. The average Bonchev–Trinajstić information content (AvgIpc) is 2.73. The monoisotopic (exact) mass is 360 g/mol. The van der Waals surface area contributed by atoms with Crippen molar-refractivity contribution in [1.82, 2.24) is 0 Å². The third-order valence-corrected chi connectivity index (χ3v) is 4.18. The molecule has 0 heterocycles. The first-order valence-electron chi connectivity index (χ1n) is 8.60. The molecule has 0 aliphatic heterocycles. The van der Waals surface area contributed by atoms with Crippen LogP contribution in [0.3, 0.4) is 0 Å². The van der Waals surface area contributed by atoms with Gasteiger partial charge in [-0.25, -0.2) is 4.79 Å². The molecule has 0 saturated heterocycles. The first-order valence-corrected chi connectivity index (χ1v) is 8.60. The summed E-state index contributed by atoms with van der Waals surface area (Å²) in [5.74, 6) is -0.348. The Hall–Kier alpha value is -3.40. The van der Waals surface area contributed by atoms with Gasteiger partial charge in [0.25, 0.3) is 0 Å². The normalized spacial score (nSPS) is 11.5. The molecule has 4 heteroatoms. The van der Waals surface area contributed by atoms with Crippen LogP contribution in [0, 0.1) is 6.92 Å². The van der Waals surface area contributed by atoms with Gasteiger partial charge < -0.3 is 9.47 Å². The Labute approximate surface area is 158 Å². The number of rotatable bonds is 6. The molecular weight excluding hydrogens is 340 g/mol. The minimum atomic E-state index is -0.957. The number of carbonyl (C=O) groups is 2. The molecule has 1 unspecified atom stereocenters. The van der Waals surface area contributed by atoms with Crippen molar-refractivity contribution in [3.05, 3.63) is 101 Å². The van der Waals surface area contributed by atoms with Crippen molar-refractivity contribution >= 4 is 11.8 Å². The third kappa shape index (κ3) is 4.23. The van der Waals surface area contributed by atoms with Crippen LogP contribution in [0.25, 0.3) is 0 Å². The Balaban J connectivity index is 2.01. The van der Waals surface area contributed by atoms with Crippen molar-refractivity contribution in [1.29, 1.82) is 0 Å². The summed E-state index contributed by atoms with van der Waals surface area (Å²) in [6.45, 7) is 1.90. The molecule has 4 nitrogen and oxygen atoms in total. The highest BCUT2D eigenvalue weighted by molar-refractivity contribution is 6.10. The highest BCUT2D eigenvalue weighted by atomic mass is 16.6. The number of aryl methyl sites for hydroxylation is 1. The number of ether oxygens (including phenoxy) is 2. The van der Waals surface area contributed by atoms with E-state index in [2.05, 4.69) is 0 Å². The van der Waals surface area contributed by atoms with Crippen LogP contribution < -0.4 is 4.74 Å². The number of esters is 1. The number of carbonyl (C=O) groups excluding carboxylic acids is 2. The summed E-state index contributed by atoms with van der Waals surface area (Å²) in [6, 6.07) is 23.4. The lowest BCUT2D eigenvalue weighted by Gasteiger charge is -2.19. The standard InChI is InChI=1S/C23H20O4/c1-16-13-14-20(19(15-16)21(24)17-9-5-3-6-10-17)27-22(23(25)26-2)18-11-7-4-8-12-18/h3-15,22H,1-2H3. The Morgan fingerprint density at radius 2 is 1.48 bits per heavy atom. The van der Waals surface area contributed by atoms with E-state index in [1.54, 1.807) is 36.4 Å². The summed E-state index contributed by atoms with van der Waals surface area (Å²) in [7, 11) is 1.31. The maximum absolute atomic E-state index is 13.0. The van der Waals surface area contributed by atoms with Crippen LogP contribution >= 0.6 is 0 Å².